The molecular formula is C21H22N2O4S. The number of rotatable bonds is 8. The fourth-order valence-corrected chi connectivity index (χ4v) is 3.87. The van der Waals surface area contributed by atoms with Crippen molar-refractivity contribution in [3.05, 3.63) is 78.4 Å². The highest BCUT2D eigenvalue weighted by molar-refractivity contribution is 7.89. The highest BCUT2D eigenvalue weighted by atomic mass is 32.2. The molecule has 0 aliphatic rings. The number of aliphatic hydroxyl groups excluding tert-OH is 1. The van der Waals surface area contributed by atoms with Crippen molar-refractivity contribution in [3.63, 3.8) is 0 Å². The molecule has 0 saturated carbocycles. The predicted octanol–water partition coefficient (Wildman–Crippen LogP) is 2.36. The summed E-state index contributed by atoms with van der Waals surface area (Å²) in [6.45, 7) is 0.0394. The first-order valence-electron chi connectivity index (χ1n) is 8.94. The SMILES string of the molecule is O=C(CCNS(=O)(=O)c1ccccc1)NCC(O)c1ccc2ccccc2c1. The van der Waals surface area contributed by atoms with E-state index in [0.29, 0.717) is 5.56 Å². The van der Waals surface area contributed by atoms with Gasteiger partial charge in [0.2, 0.25) is 15.9 Å². The second kappa shape index (κ2) is 8.97. The molecule has 0 aliphatic carbocycles. The van der Waals surface area contributed by atoms with E-state index in [1.54, 1.807) is 18.2 Å². The van der Waals surface area contributed by atoms with Crippen LogP contribution >= 0.6 is 0 Å². The Kier molecular flexibility index (Phi) is 6.41. The zero-order valence-corrected chi connectivity index (χ0v) is 16.0. The van der Waals surface area contributed by atoms with E-state index in [9.17, 15) is 18.3 Å². The van der Waals surface area contributed by atoms with Gasteiger partial charge < -0.3 is 10.4 Å². The Hall–Kier alpha value is -2.74. The lowest BCUT2D eigenvalue weighted by atomic mass is 10.0. The normalized spacial score (nSPS) is 12.6. The molecule has 0 aliphatic heterocycles. The van der Waals surface area contributed by atoms with Crippen molar-refractivity contribution in [3.8, 4) is 0 Å². The lowest BCUT2D eigenvalue weighted by Crippen LogP contribution is -2.32. The number of fused-ring (bicyclic) bond motifs is 1. The molecule has 146 valence electrons. The summed E-state index contributed by atoms with van der Waals surface area (Å²) >= 11 is 0. The lowest BCUT2D eigenvalue weighted by molar-refractivity contribution is -0.121. The molecule has 0 heterocycles. The molecule has 0 radical (unpaired) electrons. The highest BCUT2D eigenvalue weighted by Crippen LogP contribution is 2.20. The average Bonchev–Trinajstić information content (AvgIpc) is 2.72. The van der Waals surface area contributed by atoms with Gasteiger partial charge in [-0.05, 0) is 34.5 Å². The Balaban J connectivity index is 1.47. The van der Waals surface area contributed by atoms with Crippen LogP contribution in [-0.2, 0) is 14.8 Å². The molecular weight excluding hydrogens is 376 g/mol. The van der Waals surface area contributed by atoms with Gasteiger partial charge in [0.05, 0.1) is 11.0 Å². The van der Waals surface area contributed by atoms with Crippen LogP contribution in [0.15, 0.2) is 77.7 Å². The van der Waals surface area contributed by atoms with Crippen molar-refractivity contribution >= 4 is 26.7 Å². The molecule has 3 aromatic carbocycles. The summed E-state index contributed by atoms with van der Waals surface area (Å²) in [6.07, 6.45) is -0.856. The molecule has 1 amide bonds. The number of benzene rings is 3. The van der Waals surface area contributed by atoms with E-state index in [1.807, 2.05) is 42.5 Å². The van der Waals surface area contributed by atoms with Crippen LogP contribution in [0.3, 0.4) is 0 Å². The number of sulfonamides is 1. The molecule has 0 bridgehead atoms. The van der Waals surface area contributed by atoms with Gasteiger partial charge in [-0.2, -0.15) is 0 Å². The molecule has 7 heteroatoms. The Morgan fingerprint density at radius 2 is 1.61 bits per heavy atom. The maximum absolute atomic E-state index is 12.1. The van der Waals surface area contributed by atoms with Crippen molar-refractivity contribution in [2.24, 2.45) is 0 Å². The number of nitrogens with one attached hydrogen (secondary N) is 2. The van der Waals surface area contributed by atoms with Crippen LogP contribution in [0.4, 0.5) is 0 Å². The van der Waals surface area contributed by atoms with Gasteiger partial charge in [-0.15, -0.1) is 0 Å². The lowest BCUT2D eigenvalue weighted by Gasteiger charge is -2.13. The first-order valence-corrected chi connectivity index (χ1v) is 10.4. The summed E-state index contributed by atoms with van der Waals surface area (Å²) in [7, 11) is -3.63. The molecule has 28 heavy (non-hydrogen) atoms. The van der Waals surface area contributed by atoms with Crippen LogP contribution in [0, 0.1) is 0 Å². The van der Waals surface area contributed by atoms with Crippen molar-refractivity contribution in [2.45, 2.75) is 17.4 Å². The fraction of sp³-hybridized carbons (Fsp3) is 0.190. The summed E-state index contributed by atoms with van der Waals surface area (Å²) in [5.41, 5.74) is 0.712. The van der Waals surface area contributed by atoms with Crippen LogP contribution < -0.4 is 10.0 Å². The molecule has 0 saturated heterocycles. The van der Waals surface area contributed by atoms with Gasteiger partial charge >= 0.3 is 0 Å². The summed E-state index contributed by atoms with van der Waals surface area (Å²) < 4.78 is 26.6. The minimum Gasteiger partial charge on any atom is -0.387 e. The minimum atomic E-state index is -3.63. The van der Waals surface area contributed by atoms with E-state index in [1.165, 1.54) is 12.1 Å². The molecule has 0 aromatic heterocycles. The number of hydrogen-bond acceptors (Lipinski definition) is 4. The van der Waals surface area contributed by atoms with Crippen molar-refractivity contribution in [2.75, 3.05) is 13.1 Å². The number of amides is 1. The summed E-state index contributed by atoms with van der Waals surface area (Å²) in [4.78, 5) is 12.1. The first-order chi connectivity index (χ1) is 13.5. The van der Waals surface area contributed by atoms with Crippen LogP contribution in [-0.4, -0.2) is 32.5 Å². The summed E-state index contributed by atoms with van der Waals surface area (Å²) in [5, 5.41) is 15.0. The van der Waals surface area contributed by atoms with Crippen LogP contribution in [0.5, 0.6) is 0 Å². The quantitative estimate of drug-likeness (QED) is 0.543. The molecule has 3 rings (SSSR count). The average molecular weight is 398 g/mol. The van der Waals surface area contributed by atoms with Crippen LogP contribution in [0.25, 0.3) is 10.8 Å². The third-order valence-corrected chi connectivity index (χ3v) is 5.83. The fourth-order valence-electron chi connectivity index (χ4n) is 2.81. The van der Waals surface area contributed by atoms with Gasteiger partial charge in [-0.3, -0.25) is 4.79 Å². The number of aliphatic hydroxyl groups is 1. The monoisotopic (exact) mass is 398 g/mol. The minimum absolute atomic E-state index is 0.0174. The molecule has 1 unspecified atom stereocenters. The summed E-state index contributed by atoms with van der Waals surface area (Å²) in [5.74, 6) is -0.337. The van der Waals surface area contributed by atoms with Crippen LogP contribution in [0.2, 0.25) is 0 Å². The van der Waals surface area contributed by atoms with Crippen molar-refractivity contribution in [1.82, 2.24) is 10.0 Å². The summed E-state index contributed by atoms with van der Waals surface area (Å²) in [6, 6.07) is 21.4. The third kappa shape index (κ3) is 5.16. The van der Waals surface area contributed by atoms with Crippen molar-refractivity contribution in [1.29, 1.82) is 0 Å². The molecule has 3 aromatic rings. The zero-order chi connectivity index (χ0) is 20.0. The zero-order valence-electron chi connectivity index (χ0n) is 15.2. The molecule has 6 nitrogen and oxygen atoms in total. The van der Waals surface area contributed by atoms with Crippen molar-refractivity contribution < 1.29 is 18.3 Å². The Morgan fingerprint density at radius 3 is 2.36 bits per heavy atom. The third-order valence-electron chi connectivity index (χ3n) is 4.35. The van der Waals surface area contributed by atoms with E-state index < -0.39 is 16.1 Å². The molecule has 3 N–H and O–H groups in total. The highest BCUT2D eigenvalue weighted by Gasteiger charge is 2.14. The standard InChI is InChI=1S/C21H22N2O4S/c24-20(18-11-10-16-6-4-5-7-17(16)14-18)15-22-21(25)12-13-23-28(26,27)19-8-2-1-3-9-19/h1-11,14,20,23-24H,12-13,15H2,(H,22,25). The topological polar surface area (TPSA) is 95.5 Å². The largest absolute Gasteiger partial charge is 0.387 e. The first kappa shape index (κ1) is 20.0. The van der Waals surface area contributed by atoms with E-state index in [0.717, 1.165) is 10.8 Å². The number of carbonyl (C=O) groups is 1. The second-order valence-corrected chi connectivity index (χ2v) is 8.15. The van der Waals surface area contributed by atoms with E-state index in [4.69, 9.17) is 0 Å². The van der Waals surface area contributed by atoms with E-state index in [-0.39, 0.29) is 30.3 Å². The van der Waals surface area contributed by atoms with E-state index >= 15 is 0 Å². The Bertz CT molecular complexity index is 1050. The Labute approximate surface area is 164 Å². The van der Waals surface area contributed by atoms with Crippen LogP contribution in [0.1, 0.15) is 18.1 Å². The van der Waals surface area contributed by atoms with Gasteiger partial charge in [0, 0.05) is 19.5 Å². The van der Waals surface area contributed by atoms with E-state index in [2.05, 4.69) is 10.0 Å². The van der Waals surface area contributed by atoms with Gasteiger partial charge in [0.1, 0.15) is 0 Å². The Morgan fingerprint density at radius 1 is 0.929 bits per heavy atom. The number of hydrogen-bond donors (Lipinski definition) is 3. The smallest absolute Gasteiger partial charge is 0.240 e. The van der Waals surface area contributed by atoms with Gasteiger partial charge in [0.15, 0.2) is 0 Å². The molecule has 0 fully saturated rings. The second-order valence-electron chi connectivity index (χ2n) is 6.39. The maximum Gasteiger partial charge on any atom is 0.240 e. The maximum atomic E-state index is 12.1. The molecule has 1 atom stereocenters. The molecule has 0 spiro atoms. The predicted molar refractivity (Wildman–Crippen MR) is 108 cm³/mol. The van der Waals surface area contributed by atoms with Gasteiger partial charge in [-0.1, -0.05) is 54.6 Å². The van der Waals surface area contributed by atoms with Gasteiger partial charge in [-0.25, -0.2) is 13.1 Å². The number of carbonyl (C=O) groups excluding carboxylic acids is 1. The van der Waals surface area contributed by atoms with Gasteiger partial charge in [0.25, 0.3) is 0 Å².